The van der Waals surface area contributed by atoms with Crippen LogP contribution in [0.4, 0.5) is 17.3 Å². The van der Waals surface area contributed by atoms with Crippen molar-refractivity contribution in [3.05, 3.63) is 182 Å². The molecular weight excluding hydrogens is 625 g/mol. The van der Waals surface area contributed by atoms with Crippen LogP contribution in [-0.2, 0) is 0 Å². The Morgan fingerprint density at radius 3 is 1.82 bits per heavy atom. The van der Waals surface area contributed by atoms with Gasteiger partial charge in [-0.2, -0.15) is 0 Å². The minimum absolute atomic E-state index is 0.590. The van der Waals surface area contributed by atoms with E-state index in [0.717, 1.165) is 72.1 Å². The molecule has 0 spiro atoms. The van der Waals surface area contributed by atoms with Gasteiger partial charge in [0.2, 0.25) is 5.95 Å². The van der Waals surface area contributed by atoms with Gasteiger partial charge in [0.15, 0.2) is 0 Å². The lowest BCUT2D eigenvalue weighted by atomic mass is 10.0. The summed E-state index contributed by atoms with van der Waals surface area (Å²) in [5, 5.41) is 4.53. The Hall–Kier alpha value is -6.98. The quantitative estimate of drug-likeness (QED) is 0.179. The molecule has 7 aromatic carbocycles. The highest BCUT2D eigenvalue weighted by atomic mass is 16.3. The number of nitrogens with zero attached hydrogens (tertiary/aromatic N) is 4. The monoisotopic (exact) mass is 654 g/mol. The Labute approximate surface area is 294 Å². The molecule has 0 fully saturated rings. The van der Waals surface area contributed by atoms with Crippen LogP contribution in [0.2, 0.25) is 0 Å². The maximum Gasteiger partial charge on any atom is 0.234 e. The zero-order chi connectivity index (χ0) is 33.7. The number of para-hydroxylation sites is 3. The van der Waals surface area contributed by atoms with Crippen LogP contribution in [0.15, 0.2) is 187 Å². The molecule has 5 heteroatoms. The van der Waals surface area contributed by atoms with Crippen molar-refractivity contribution in [2.45, 2.75) is 0 Å². The molecule has 3 heterocycles. The van der Waals surface area contributed by atoms with Gasteiger partial charge in [-0.1, -0.05) is 103 Å². The summed E-state index contributed by atoms with van der Waals surface area (Å²) in [7, 11) is 0. The standard InChI is InChI=1S/C46H30N4O/c1-3-11-31(12-4-1)32-19-22-36(23-20-32)49(37-24-25-43-40(28-37)38-15-7-9-17-42(38)50(43)35-13-5-2-6-14-35)46-47-29-34(30-48-46)33-21-26-45-41(27-33)39-16-8-10-18-44(39)51-45/h1-30H. The summed E-state index contributed by atoms with van der Waals surface area (Å²) in [5.41, 5.74) is 11.4. The van der Waals surface area contributed by atoms with E-state index in [4.69, 9.17) is 14.4 Å². The van der Waals surface area contributed by atoms with Gasteiger partial charge in [0, 0.05) is 56.6 Å². The van der Waals surface area contributed by atoms with Gasteiger partial charge in [-0.25, -0.2) is 9.97 Å². The third kappa shape index (κ3) is 4.94. The predicted octanol–water partition coefficient (Wildman–Crippen LogP) is 12.3. The van der Waals surface area contributed by atoms with Crippen molar-refractivity contribution in [3.8, 4) is 27.9 Å². The average molecular weight is 655 g/mol. The van der Waals surface area contributed by atoms with Crippen molar-refractivity contribution in [2.24, 2.45) is 0 Å². The Balaban J connectivity index is 1.11. The van der Waals surface area contributed by atoms with Crippen molar-refractivity contribution >= 4 is 61.1 Å². The fraction of sp³-hybridized carbons (Fsp3) is 0. The topological polar surface area (TPSA) is 47.1 Å². The van der Waals surface area contributed by atoms with Crippen LogP contribution < -0.4 is 4.90 Å². The Bertz CT molecular complexity index is 2840. The molecule has 3 aromatic heterocycles. The largest absolute Gasteiger partial charge is 0.456 e. The molecule has 0 atom stereocenters. The van der Waals surface area contributed by atoms with E-state index in [2.05, 4.69) is 149 Å². The number of anilines is 3. The highest BCUT2D eigenvalue weighted by Crippen LogP contribution is 2.40. The molecule has 0 N–H and O–H groups in total. The first-order valence-corrected chi connectivity index (χ1v) is 17.1. The fourth-order valence-corrected chi connectivity index (χ4v) is 7.26. The highest BCUT2D eigenvalue weighted by molar-refractivity contribution is 6.11. The van der Waals surface area contributed by atoms with Crippen LogP contribution in [-0.4, -0.2) is 14.5 Å². The van der Waals surface area contributed by atoms with Crippen molar-refractivity contribution in [3.63, 3.8) is 0 Å². The van der Waals surface area contributed by atoms with Gasteiger partial charge in [-0.15, -0.1) is 0 Å². The van der Waals surface area contributed by atoms with Crippen molar-refractivity contribution in [1.29, 1.82) is 0 Å². The second kappa shape index (κ2) is 11.9. The SMILES string of the molecule is c1ccc(-c2ccc(N(c3ccc4c(c3)c3ccccc3n4-c3ccccc3)c3ncc(-c4ccc5oc6ccccc6c5c4)cn3)cc2)cc1. The van der Waals surface area contributed by atoms with Crippen LogP contribution in [0.25, 0.3) is 71.7 Å². The van der Waals surface area contributed by atoms with Crippen LogP contribution in [0.5, 0.6) is 0 Å². The van der Waals surface area contributed by atoms with E-state index in [0.29, 0.717) is 5.95 Å². The highest BCUT2D eigenvalue weighted by Gasteiger charge is 2.19. The summed E-state index contributed by atoms with van der Waals surface area (Å²) in [6, 6.07) is 59.2. The van der Waals surface area contributed by atoms with Gasteiger partial charge < -0.3 is 8.98 Å². The summed E-state index contributed by atoms with van der Waals surface area (Å²) >= 11 is 0. The minimum atomic E-state index is 0.590. The summed E-state index contributed by atoms with van der Waals surface area (Å²) in [6.45, 7) is 0. The molecule has 0 saturated carbocycles. The smallest absolute Gasteiger partial charge is 0.234 e. The second-order valence-corrected chi connectivity index (χ2v) is 12.7. The van der Waals surface area contributed by atoms with Crippen LogP contribution in [0, 0.1) is 0 Å². The number of aromatic nitrogens is 3. The number of benzene rings is 7. The van der Waals surface area contributed by atoms with E-state index in [1.807, 2.05) is 42.7 Å². The number of rotatable bonds is 6. The molecule has 240 valence electrons. The van der Waals surface area contributed by atoms with Crippen LogP contribution in [0.3, 0.4) is 0 Å². The first kappa shape index (κ1) is 29.0. The van der Waals surface area contributed by atoms with E-state index in [1.165, 1.54) is 10.9 Å². The average Bonchev–Trinajstić information content (AvgIpc) is 3.74. The third-order valence-corrected chi connectivity index (χ3v) is 9.71. The van der Waals surface area contributed by atoms with Gasteiger partial charge in [0.25, 0.3) is 0 Å². The van der Waals surface area contributed by atoms with Gasteiger partial charge in [-0.05, 0) is 83.4 Å². The molecule has 0 aliphatic rings. The molecule has 0 radical (unpaired) electrons. The minimum Gasteiger partial charge on any atom is -0.456 e. The third-order valence-electron chi connectivity index (χ3n) is 9.71. The maximum absolute atomic E-state index is 6.07. The van der Waals surface area contributed by atoms with Crippen molar-refractivity contribution < 1.29 is 4.42 Å². The number of furan rings is 1. The second-order valence-electron chi connectivity index (χ2n) is 12.7. The predicted molar refractivity (Wildman–Crippen MR) is 209 cm³/mol. The lowest BCUT2D eigenvalue weighted by molar-refractivity contribution is 0.669. The molecular formula is C46H30N4O. The van der Waals surface area contributed by atoms with E-state index in [9.17, 15) is 0 Å². The molecule has 0 saturated heterocycles. The molecule has 10 aromatic rings. The van der Waals surface area contributed by atoms with Crippen LogP contribution >= 0.6 is 0 Å². The number of hydrogen-bond donors (Lipinski definition) is 0. The number of fused-ring (bicyclic) bond motifs is 6. The van der Waals surface area contributed by atoms with E-state index in [-0.39, 0.29) is 0 Å². The fourth-order valence-electron chi connectivity index (χ4n) is 7.26. The van der Waals surface area contributed by atoms with E-state index < -0.39 is 0 Å². The van der Waals surface area contributed by atoms with E-state index in [1.54, 1.807) is 0 Å². The molecule has 0 amide bonds. The van der Waals surface area contributed by atoms with Gasteiger partial charge in [0.05, 0.1) is 11.0 Å². The molecule has 0 aliphatic heterocycles. The lowest BCUT2D eigenvalue weighted by Gasteiger charge is -2.24. The summed E-state index contributed by atoms with van der Waals surface area (Å²) in [4.78, 5) is 12.1. The molecule has 10 rings (SSSR count). The molecule has 0 bridgehead atoms. The van der Waals surface area contributed by atoms with Crippen LogP contribution in [0.1, 0.15) is 0 Å². The Kier molecular flexibility index (Phi) is 6.74. The molecule has 0 aliphatic carbocycles. The zero-order valence-electron chi connectivity index (χ0n) is 27.5. The van der Waals surface area contributed by atoms with Gasteiger partial charge in [-0.3, -0.25) is 4.90 Å². The van der Waals surface area contributed by atoms with Gasteiger partial charge >= 0.3 is 0 Å². The number of hydrogen-bond acceptors (Lipinski definition) is 4. The molecule has 51 heavy (non-hydrogen) atoms. The van der Waals surface area contributed by atoms with Crippen molar-refractivity contribution in [1.82, 2.24) is 14.5 Å². The normalized spacial score (nSPS) is 11.5. The van der Waals surface area contributed by atoms with E-state index >= 15 is 0 Å². The molecule has 5 nitrogen and oxygen atoms in total. The first-order chi connectivity index (χ1) is 25.3. The first-order valence-electron chi connectivity index (χ1n) is 17.1. The summed E-state index contributed by atoms with van der Waals surface area (Å²) in [6.07, 6.45) is 3.83. The summed E-state index contributed by atoms with van der Waals surface area (Å²) in [5.74, 6) is 0.590. The van der Waals surface area contributed by atoms with Gasteiger partial charge in [0.1, 0.15) is 11.2 Å². The maximum atomic E-state index is 6.07. The molecule has 0 unspecified atom stereocenters. The Morgan fingerprint density at radius 2 is 1.02 bits per heavy atom. The zero-order valence-corrected chi connectivity index (χ0v) is 27.5. The van der Waals surface area contributed by atoms with Crippen molar-refractivity contribution in [2.75, 3.05) is 4.90 Å². The Morgan fingerprint density at radius 1 is 0.412 bits per heavy atom. The lowest BCUT2D eigenvalue weighted by Crippen LogP contribution is -2.13. The summed E-state index contributed by atoms with van der Waals surface area (Å²) < 4.78 is 8.41.